The van der Waals surface area contributed by atoms with Gasteiger partial charge in [-0.2, -0.15) is 0 Å². The molecule has 3 nitrogen and oxygen atoms in total. The van der Waals surface area contributed by atoms with Crippen LogP contribution in [0.5, 0.6) is 0 Å². The van der Waals surface area contributed by atoms with Gasteiger partial charge in [0, 0.05) is 24.7 Å². The topological polar surface area (TPSA) is 34.0 Å². The first-order chi connectivity index (χ1) is 7.66. The summed E-state index contributed by atoms with van der Waals surface area (Å²) in [6.45, 7) is 4.73. The second-order valence-electron chi connectivity index (χ2n) is 4.94. The summed E-state index contributed by atoms with van der Waals surface area (Å²) in [5.41, 5.74) is 2.06. The average molecular weight is 239 g/mol. The summed E-state index contributed by atoms with van der Waals surface area (Å²) in [7, 11) is 0. The molecule has 2 atom stereocenters. The van der Waals surface area contributed by atoms with E-state index >= 15 is 0 Å². The highest BCUT2D eigenvalue weighted by Crippen LogP contribution is 2.32. The van der Waals surface area contributed by atoms with Gasteiger partial charge in [-0.1, -0.05) is 11.6 Å². The third kappa shape index (κ3) is 1.42. The van der Waals surface area contributed by atoms with Gasteiger partial charge in [-0.15, -0.1) is 0 Å². The van der Waals surface area contributed by atoms with E-state index in [4.69, 9.17) is 11.6 Å². The number of aryl methyl sites for hydroxylation is 1. The van der Waals surface area contributed by atoms with Crippen molar-refractivity contribution in [2.75, 3.05) is 13.1 Å². The first-order valence-electron chi connectivity index (χ1n) is 5.77. The van der Waals surface area contributed by atoms with Crippen LogP contribution in [-0.4, -0.2) is 17.7 Å². The summed E-state index contributed by atoms with van der Waals surface area (Å²) in [6.07, 6.45) is 1.20. The Balaban J connectivity index is 2.20. The lowest BCUT2D eigenvalue weighted by Crippen LogP contribution is -2.45. The Labute approximate surface area is 99.4 Å². The van der Waals surface area contributed by atoms with Gasteiger partial charge < -0.3 is 9.88 Å². The van der Waals surface area contributed by atoms with Gasteiger partial charge in [0.25, 0.3) is 5.56 Å². The number of piperidine rings is 1. The lowest BCUT2D eigenvalue weighted by molar-refractivity contribution is 0.257. The monoisotopic (exact) mass is 238 g/mol. The molecule has 3 rings (SSSR count). The van der Waals surface area contributed by atoms with Crippen LogP contribution >= 0.6 is 11.6 Å². The molecule has 0 spiro atoms. The highest BCUT2D eigenvalue weighted by atomic mass is 35.5. The Kier molecular flexibility index (Phi) is 2.33. The molecule has 1 fully saturated rings. The fourth-order valence-electron chi connectivity index (χ4n) is 2.95. The number of rotatable bonds is 0. The van der Waals surface area contributed by atoms with Gasteiger partial charge in [0.1, 0.15) is 5.02 Å². The molecule has 1 N–H and O–H groups in total. The SMILES string of the molecule is Cc1cc2n(c(=O)c1Cl)CC1CNCC2C1. The minimum absolute atomic E-state index is 0.00623. The van der Waals surface area contributed by atoms with Crippen LogP contribution in [0, 0.1) is 12.8 Å². The van der Waals surface area contributed by atoms with Crippen molar-refractivity contribution in [2.24, 2.45) is 5.92 Å². The van der Waals surface area contributed by atoms with Crippen molar-refractivity contribution >= 4 is 11.6 Å². The summed E-state index contributed by atoms with van der Waals surface area (Å²) in [6, 6.07) is 2.08. The fraction of sp³-hybridized carbons (Fsp3) is 0.583. The standard InChI is InChI=1S/C12H15ClN2O/c1-7-2-10-9-3-8(4-14-5-9)6-15(10)12(16)11(7)13/h2,8-9,14H,3-6H2,1H3. The number of fused-ring (bicyclic) bond motifs is 4. The molecule has 1 saturated heterocycles. The number of pyridine rings is 1. The van der Waals surface area contributed by atoms with Crippen molar-refractivity contribution in [3.63, 3.8) is 0 Å². The van der Waals surface area contributed by atoms with Gasteiger partial charge in [-0.25, -0.2) is 0 Å². The van der Waals surface area contributed by atoms with Crippen molar-refractivity contribution < 1.29 is 0 Å². The number of nitrogens with one attached hydrogen (secondary N) is 1. The second-order valence-corrected chi connectivity index (χ2v) is 5.32. The minimum atomic E-state index is -0.00623. The molecule has 16 heavy (non-hydrogen) atoms. The zero-order valence-corrected chi connectivity index (χ0v) is 10.0. The van der Waals surface area contributed by atoms with Gasteiger partial charge in [0.05, 0.1) is 0 Å². The molecule has 2 aliphatic rings. The molecule has 0 amide bonds. The normalized spacial score (nSPS) is 27.6. The van der Waals surface area contributed by atoms with Crippen LogP contribution in [0.3, 0.4) is 0 Å². The third-order valence-corrected chi connectivity index (χ3v) is 4.22. The summed E-state index contributed by atoms with van der Waals surface area (Å²) >= 11 is 6.02. The molecule has 0 aromatic carbocycles. The molecule has 1 aromatic heterocycles. The summed E-state index contributed by atoms with van der Waals surface area (Å²) in [5.74, 6) is 1.07. The molecule has 2 bridgehead atoms. The largest absolute Gasteiger partial charge is 0.316 e. The van der Waals surface area contributed by atoms with E-state index in [2.05, 4.69) is 11.4 Å². The highest BCUT2D eigenvalue weighted by molar-refractivity contribution is 6.31. The molecule has 0 saturated carbocycles. The zero-order valence-electron chi connectivity index (χ0n) is 9.29. The summed E-state index contributed by atoms with van der Waals surface area (Å²) in [5, 5.41) is 3.82. The van der Waals surface area contributed by atoms with Crippen molar-refractivity contribution in [1.29, 1.82) is 0 Å². The van der Waals surface area contributed by atoms with E-state index in [-0.39, 0.29) is 5.56 Å². The maximum Gasteiger partial charge on any atom is 0.269 e. The highest BCUT2D eigenvalue weighted by Gasteiger charge is 2.31. The Morgan fingerprint density at radius 3 is 3.12 bits per heavy atom. The van der Waals surface area contributed by atoms with E-state index in [1.165, 1.54) is 6.42 Å². The number of hydrogen-bond donors (Lipinski definition) is 1. The first kappa shape index (κ1) is 10.4. The van der Waals surface area contributed by atoms with Crippen molar-refractivity contribution in [1.82, 2.24) is 9.88 Å². The van der Waals surface area contributed by atoms with Gasteiger partial charge in [0.15, 0.2) is 0 Å². The maximum absolute atomic E-state index is 12.1. The molecule has 1 aromatic rings. The molecular weight excluding hydrogens is 224 g/mol. The maximum atomic E-state index is 12.1. The van der Waals surface area contributed by atoms with E-state index < -0.39 is 0 Å². The Hall–Kier alpha value is -0.800. The van der Waals surface area contributed by atoms with Crippen molar-refractivity contribution in [2.45, 2.75) is 25.8 Å². The number of nitrogens with zero attached hydrogens (tertiary/aromatic N) is 1. The van der Waals surface area contributed by atoms with Crippen LogP contribution < -0.4 is 10.9 Å². The fourth-order valence-corrected chi connectivity index (χ4v) is 3.10. The molecule has 3 heterocycles. The van der Waals surface area contributed by atoms with Crippen LogP contribution in [0.4, 0.5) is 0 Å². The molecule has 2 aliphatic heterocycles. The van der Waals surface area contributed by atoms with Gasteiger partial charge in [0.2, 0.25) is 0 Å². The van der Waals surface area contributed by atoms with Crippen molar-refractivity contribution in [3.8, 4) is 0 Å². The van der Waals surface area contributed by atoms with Crippen LogP contribution in [-0.2, 0) is 6.54 Å². The summed E-state index contributed by atoms with van der Waals surface area (Å²) in [4.78, 5) is 12.1. The Bertz CT molecular complexity index is 495. The molecular formula is C12H15ClN2O. The van der Waals surface area contributed by atoms with Gasteiger partial charge in [-0.3, -0.25) is 4.79 Å². The quantitative estimate of drug-likeness (QED) is 0.744. The first-order valence-corrected chi connectivity index (χ1v) is 6.15. The number of aromatic nitrogens is 1. The van der Waals surface area contributed by atoms with E-state index in [1.54, 1.807) is 0 Å². The van der Waals surface area contributed by atoms with Crippen LogP contribution in [0.15, 0.2) is 10.9 Å². The summed E-state index contributed by atoms with van der Waals surface area (Å²) < 4.78 is 1.88. The predicted molar refractivity (Wildman–Crippen MR) is 64.2 cm³/mol. The molecule has 86 valence electrons. The molecule has 0 radical (unpaired) electrons. The third-order valence-electron chi connectivity index (χ3n) is 3.76. The molecule has 0 aliphatic carbocycles. The van der Waals surface area contributed by atoms with Gasteiger partial charge >= 0.3 is 0 Å². The number of halogens is 1. The van der Waals surface area contributed by atoms with Crippen LogP contribution in [0.2, 0.25) is 5.02 Å². The lowest BCUT2D eigenvalue weighted by Gasteiger charge is -2.37. The lowest BCUT2D eigenvalue weighted by atomic mass is 9.84. The van der Waals surface area contributed by atoms with Gasteiger partial charge in [-0.05, 0) is 37.4 Å². The predicted octanol–water partition coefficient (Wildman–Crippen LogP) is 1.52. The Morgan fingerprint density at radius 1 is 1.50 bits per heavy atom. The number of hydrogen-bond acceptors (Lipinski definition) is 2. The molecule has 4 heteroatoms. The van der Waals surface area contributed by atoms with E-state index in [0.717, 1.165) is 30.9 Å². The average Bonchev–Trinajstić information content (AvgIpc) is 2.29. The smallest absolute Gasteiger partial charge is 0.269 e. The minimum Gasteiger partial charge on any atom is -0.316 e. The Morgan fingerprint density at radius 2 is 2.31 bits per heavy atom. The van der Waals surface area contributed by atoms with Crippen LogP contribution in [0.25, 0.3) is 0 Å². The van der Waals surface area contributed by atoms with Crippen LogP contribution in [0.1, 0.15) is 23.6 Å². The van der Waals surface area contributed by atoms with E-state index in [1.807, 2.05) is 11.5 Å². The molecule has 2 unspecified atom stereocenters. The zero-order chi connectivity index (χ0) is 11.3. The van der Waals surface area contributed by atoms with E-state index in [0.29, 0.717) is 16.9 Å². The van der Waals surface area contributed by atoms with E-state index in [9.17, 15) is 4.79 Å². The van der Waals surface area contributed by atoms with Crippen molar-refractivity contribution in [3.05, 3.63) is 32.7 Å². The second kappa shape index (κ2) is 3.60.